The molecular weight excluding hydrogens is 512 g/mol. The molecular formula is C24H39ClN2O8S. The van der Waals surface area contributed by atoms with E-state index in [0.717, 1.165) is 25.8 Å². The molecule has 0 aromatic heterocycles. The van der Waals surface area contributed by atoms with E-state index in [0.29, 0.717) is 5.92 Å². The minimum Gasteiger partial charge on any atom is -0.456 e. The fourth-order valence-corrected chi connectivity index (χ4v) is 5.96. The van der Waals surface area contributed by atoms with E-state index in [-0.39, 0.29) is 11.9 Å². The monoisotopic (exact) mass is 550 g/mol. The maximum Gasteiger partial charge on any atom is 0.303 e. The second-order valence-electron chi connectivity index (χ2n) is 9.48. The van der Waals surface area contributed by atoms with Crippen molar-refractivity contribution in [3.05, 3.63) is 0 Å². The Morgan fingerprint density at radius 1 is 1.06 bits per heavy atom. The van der Waals surface area contributed by atoms with Gasteiger partial charge >= 0.3 is 17.9 Å². The second-order valence-corrected chi connectivity index (χ2v) is 11.1. The van der Waals surface area contributed by atoms with Crippen LogP contribution in [-0.2, 0) is 38.1 Å². The molecule has 12 heteroatoms. The molecule has 2 aliphatic heterocycles. The molecule has 0 spiro atoms. The zero-order valence-corrected chi connectivity index (χ0v) is 23.6. The smallest absolute Gasteiger partial charge is 0.303 e. The third-order valence-electron chi connectivity index (χ3n) is 6.46. The fraction of sp³-hybridized carbons (Fsp3) is 0.833. The quantitative estimate of drug-likeness (QED) is 0.246. The number of nitrogens with zero attached hydrogens (tertiary/aromatic N) is 1. The Kier molecular flexibility index (Phi) is 11.8. The standard InChI is InChI=1S/C24H39ClN2O8S/c1-8-9-16-10-17(27(6)11-16)23(31)26-18(12(2)25)19-20(32-13(3)28)21(33-14(4)29)22(34-15(5)30)24(35-19)36-7/h12,16-22,24H,8-11H2,1-7H3,(H,26,31)/t12-,16+,17-,18+,19+,20-,21-,22+,24+/m0/s1. The van der Waals surface area contributed by atoms with Crippen molar-refractivity contribution in [2.24, 2.45) is 5.92 Å². The summed E-state index contributed by atoms with van der Waals surface area (Å²) in [6.45, 7) is 8.30. The molecule has 0 unspecified atom stereocenters. The molecule has 0 saturated carbocycles. The van der Waals surface area contributed by atoms with Crippen LogP contribution in [0.2, 0.25) is 0 Å². The molecule has 0 aromatic rings. The van der Waals surface area contributed by atoms with Gasteiger partial charge in [-0.25, -0.2) is 0 Å². The van der Waals surface area contributed by atoms with E-state index in [1.54, 1.807) is 13.2 Å². The Morgan fingerprint density at radius 2 is 1.61 bits per heavy atom. The Morgan fingerprint density at radius 3 is 2.11 bits per heavy atom. The Hall–Kier alpha value is -1.56. The largest absolute Gasteiger partial charge is 0.456 e. The van der Waals surface area contributed by atoms with Gasteiger partial charge in [0.15, 0.2) is 18.3 Å². The van der Waals surface area contributed by atoms with Crippen LogP contribution in [0.4, 0.5) is 0 Å². The van der Waals surface area contributed by atoms with Crippen molar-refractivity contribution >= 4 is 47.2 Å². The topological polar surface area (TPSA) is 120 Å². The van der Waals surface area contributed by atoms with Crippen LogP contribution < -0.4 is 5.32 Å². The Bertz CT molecular complexity index is 800. The first-order valence-corrected chi connectivity index (χ1v) is 14.0. The van der Waals surface area contributed by atoms with Gasteiger partial charge in [-0.15, -0.1) is 23.4 Å². The molecule has 9 atom stereocenters. The number of hydrogen-bond acceptors (Lipinski definition) is 10. The van der Waals surface area contributed by atoms with Crippen LogP contribution >= 0.6 is 23.4 Å². The number of carbonyl (C=O) groups is 4. The average Bonchev–Trinajstić information content (AvgIpc) is 3.14. The van der Waals surface area contributed by atoms with E-state index < -0.39 is 59.2 Å². The molecule has 2 aliphatic rings. The normalized spacial score (nSPS) is 32.3. The second kappa shape index (κ2) is 13.8. The molecule has 10 nitrogen and oxygen atoms in total. The molecule has 1 amide bonds. The lowest BCUT2D eigenvalue weighted by Crippen LogP contribution is -2.67. The van der Waals surface area contributed by atoms with Crippen LogP contribution in [0.15, 0.2) is 0 Å². The number of hydrogen-bond donors (Lipinski definition) is 1. The molecule has 2 fully saturated rings. The summed E-state index contributed by atoms with van der Waals surface area (Å²) < 4.78 is 22.8. The lowest BCUT2D eigenvalue weighted by molar-refractivity contribution is -0.235. The van der Waals surface area contributed by atoms with E-state index in [1.807, 2.05) is 11.9 Å². The first-order valence-electron chi connectivity index (χ1n) is 12.2. The van der Waals surface area contributed by atoms with E-state index in [4.69, 9.17) is 30.5 Å². The first-order chi connectivity index (χ1) is 16.9. The molecule has 36 heavy (non-hydrogen) atoms. The van der Waals surface area contributed by atoms with Crippen molar-refractivity contribution in [2.75, 3.05) is 19.8 Å². The van der Waals surface area contributed by atoms with Crippen LogP contribution in [0, 0.1) is 5.92 Å². The number of alkyl halides is 1. The number of esters is 3. The highest BCUT2D eigenvalue weighted by atomic mass is 35.5. The number of ether oxygens (including phenoxy) is 4. The van der Waals surface area contributed by atoms with Crippen molar-refractivity contribution in [1.29, 1.82) is 0 Å². The highest BCUT2D eigenvalue weighted by Crippen LogP contribution is 2.36. The van der Waals surface area contributed by atoms with E-state index >= 15 is 0 Å². The van der Waals surface area contributed by atoms with Gasteiger partial charge in [0.2, 0.25) is 5.91 Å². The molecule has 0 bridgehead atoms. The van der Waals surface area contributed by atoms with Gasteiger partial charge in [-0.05, 0) is 39.0 Å². The third-order valence-corrected chi connectivity index (χ3v) is 7.58. The number of halogens is 1. The van der Waals surface area contributed by atoms with Crippen molar-refractivity contribution in [1.82, 2.24) is 10.2 Å². The summed E-state index contributed by atoms with van der Waals surface area (Å²) in [4.78, 5) is 51.3. The van der Waals surface area contributed by atoms with Gasteiger partial charge in [0, 0.05) is 27.3 Å². The first kappa shape index (κ1) is 30.7. The van der Waals surface area contributed by atoms with E-state index in [9.17, 15) is 19.2 Å². The van der Waals surface area contributed by atoms with E-state index in [2.05, 4.69) is 12.2 Å². The van der Waals surface area contributed by atoms with Crippen LogP contribution in [0.3, 0.4) is 0 Å². The number of rotatable bonds is 10. The number of nitrogens with one attached hydrogen (secondary N) is 1. The van der Waals surface area contributed by atoms with Gasteiger partial charge in [0.1, 0.15) is 11.5 Å². The van der Waals surface area contributed by atoms with Gasteiger partial charge in [-0.3, -0.25) is 24.1 Å². The molecule has 2 rings (SSSR count). The van der Waals surface area contributed by atoms with Crippen LogP contribution in [-0.4, -0.2) is 95.9 Å². The molecule has 0 radical (unpaired) electrons. The average molecular weight is 551 g/mol. The van der Waals surface area contributed by atoms with Crippen LogP contribution in [0.25, 0.3) is 0 Å². The van der Waals surface area contributed by atoms with Crippen LogP contribution in [0.5, 0.6) is 0 Å². The molecule has 0 aromatic carbocycles. The summed E-state index contributed by atoms with van der Waals surface area (Å²) in [6, 6.07) is -1.13. The lowest BCUT2D eigenvalue weighted by atomic mass is 9.92. The Balaban J connectivity index is 2.40. The highest BCUT2D eigenvalue weighted by molar-refractivity contribution is 7.99. The van der Waals surface area contributed by atoms with Crippen molar-refractivity contribution in [3.8, 4) is 0 Å². The van der Waals surface area contributed by atoms with Gasteiger partial charge in [-0.1, -0.05) is 13.3 Å². The minimum atomic E-state index is -1.18. The number of amides is 1. The summed E-state index contributed by atoms with van der Waals surface area (Å²) in [7, 11) is 1.92. The predicted octanol–water partition coefficient (Wildman–Crippen LogP) is 2.10. The summed E-state index contributed by atoms with van der Waals surface area (Å²) >= 11 is 7.80. The molecule has 206 valence electrons. The maximum atomic E-state index is 13.4. The predicted molar refractivity (Wildman–Crippen MR) is 136 cm³/mol. The Labute approximate surface area is 222 Å². The number of likely N-dealkylation sites (N-methyl/N-ethyl adjacent to an activating group) is 1. The number of carbonyl (C=O) groups excluding carboxylic acids is 4. The zero-order valence-electron chi connectivity index (χ0n) is 22.0. The van der Waals surface area contributed by atoms with Gasteiger partial charge < -0.3 is 24.3 Å². The lowest BCUT2D eigenvalue weighted by Gasteiger charge is -2.47. The molecule has 0 aliphatic carbocycles. The van der Waals surface area contributed by atoms with Gasteiger partial charge in [0.05, 0.1) is 17.5 Å². The third kappa shape index (κ3) is 7.97. The van der Waals surface area contributed by atoms with E-state index in [1.165, 1.54) is 32.5 Å². The van der Waals surface area contributed by atoms with Gasteiger partial charge in [-0.2, -0.15) is 0 Å². The van der Waals surface area contributed by atoms with Crippen molar-refractivity contribution in [2.45, 2.75) is 101 Å². The maximum absolute atomic E-state index is 13.4. The van der Waals surface area contributed by atoms with Crippen molar-refractivity contribution < 1.29 is 38.1 Å². The number of likely N-dealkylation sites (tertiary alicyclic amines) is 1. The summed E-state index contributed by atoms with van der Waals surface area (Å²) in [5, 5.41) is 2.37. The van der Waals surface area contributed by atoms with Gasteiger partial charge in [0.25, 0.3) is 0 Å². The zero-order chi connectivity index (χ0) is 27.2. The highest BCUT2D eigenvalue weighted by Gasteiger charge is 2.55. The molecule has 2 heterocycles. The molecule has 2 saturated heterocycles. The summed E-state index contributed by atoms with van der Waals surface area (Å²) in [5.74, 6) is -1.68. The molecule has 1 N–H and O–H groups in total. The summed E-state index contributed by atoms with van der Waals surface area (Å²) in [5.41, 5.74) is -0.770. The van der Waals surface area contributed by atoms with Crippen molar-refractivity contribution in [3.63, 3.8) is 0 Å². The SMILES string of the molecule is CCC[C@@H]1C[C@@H](C(=O)N[C@@H]([C@H]2O[C@H](SC)[C@H](OC(C)=O)[C@@H](OC(C)=O)[C@H]2OC(C)=O)[C@H](C)Cl)N(C)C1. The summed E-state index contributed by atoms with van der Waals surface area (Å²) in [6.07, 6.45) is 0.206. The van der Waals surface area contributed by atoms with Crippen LogP contribution in [0.1, 0.15) is 53.9 Å². The minimum absolute atomic E-state index is 0.203. The number of thioether (sulfide) groups is 1. The fourth-order valence-electron chi connectivity index (χ4n) is 5.03.